The van der Waals surface area contributed by atoms with Crippen LogP contribution >= 0.6 is 0 Å². The Morgan fingerprint density at radius 3 is 2.35 bits per heavy atom. The molecule has 1 fully saturated rings. The van der Waals surface area contributed by atoms with Gasteiger partial charge in [0.05, 0.1) is 0 Å². The molecule has 0 saturated carbocycles. The number of rotatable bonds is 6. The number of amides is 1. The van der Waals surface area contributed by atoms with Crippen molar-refractivity contribution in [3.63, 3.8) is 0 Å². The summed E-state index contributed by atoms with van der Waals surface area (Å²) in [6.45, 7) is 9.81. The normalized spacial score (nSPS) is 20.5. The van der Waals surface area contributed by atoms with Gasteiger partial charge in [0, 0.05) is 13.1 Å². The van der Waals surface area contributed by atoms with Gasteiger partial charge in [-0.05, 0) is 46.0 Å². The Morgan fingerprint density at radius 2 is 1.65 bits per heavy atom. The summed E-state index contributed by atoms with van der Waals surface area (Å²) in [5.74, 6) is 0.871. The molecule has 0 aromatic carbocycles. The van der Waals surface area contributed by atoms with E-state index in [1.807, 2.05) is 25.7 Å². The van der Waals surface area contributed by atoms with Crippen LogP contribution in [0.5, 0.6) is 0 Å². The van der Waals surface area contributed by atoms with Gasteiger partial charge in [0.15, 0.2) is 0 Å². The van der Waals surface area contributed by atoms with Gasteiger partial charge in [-0.1, -0.05) is 58.3 Å². The summed E-state index contributed by atoms with van der Waals surface area (Å²) in [7, 11) is 0. The van der Waals surface area contributed by atoms with Gasteiger partial charge < -0.3 is 9.64 Å². The smallest absolute Gasteiger partial charge is 0.410 e. The number of hydrogen-bond acceptors (Lipinski definition) is 2. The van der Waals surface area contributed by atoms with Crippen molar-refractivity contribution in [1.29, 1.82) is 0 Å². The number of unbranched alkanes of at least 4 members (excludes halogenated alkanes) is 4. The lowest BCUT2D eigenvalue weighted by Gasteiger charge is -2.27. The van der Waals surface area contributed by atoms with Crippen molar-refractivity contribution in [3.8, 4) is 0 Å². The van der Waals surface area contributed by atoms with Crippen LogP contribution in [-0.2, 0) is 4.74 Å². The van der Waals surface area contributed by atoms with E-state index in [4.69, 9.17) is 4.74 Å². The van der Waals surface area contributed by atoms with Gasteiger partial charge in [0.25, 0.3) is 0 Å². The third-order valence-corrected chi connectivity index (χ3v) is 4.70. The maximum atomic E-state index is 12.2. The molecule has 3 nitrogen and oxygen atoms in total. The fourth-order valence-corrected chi connectivity index (χ4v) is 3.40. The van der Waals surface area contributed by atoms with Crippen molar-refractivity contribution in [2.75, 3.05) is 13.1 Å². The van der Waals surface area contributed by atoms with Gasteiger partial charge in [0.1, 0.15) is 5.60 Å². The van der Waals surface area contributed by atoms with Crippen LogP contribution < -0.4 is 0 Å². The Kier molecular flexibility index (Phi) is 9.66. The van der Waals surface area contributed by atoms with Crippen LogP contribution in [0.25, 0.3) is 0 Å². The first-order chi connectivity index (χ1) is 10.9. The van der Waals surface area contributed by atoms with E-state index in [1.165, 1.54) is 57.8 Å². The average Bonchev–Trinajstić information content (AvgIpc) is 2.57. The summed E-state index contributed by atoms with van der Waals surface area (Å²) in [5.41, 5.74) is -0.392. The summed E-state index contributed by atoms with van der Waals surface area (Å²) >= 11 is 0. The molecule has 1 amide bonds. The maximum absolute atomic E-state index is 12.2. The summed E-state index contributed by atoms with van der Waals surface area (Å²) in [6, 6.07) is 0. The molecular weight excluding hydrogens is 286 g/mol. The molecule has 0 aromatic rings. The second-order valence-electron chi connectivity index (χ2n) is 8.17. The van der Waals surface area contributed by atoms with E-state index < -0.39 is 5.60 Å². The molecule has 0 spiro atoms. The zero-order valence-electron chi connectivity index (χ0n) is 16.0. The molecule has 23 heavy (non-hydrogen) atoms. The van der Waals surface area contributed by atoms with Crippen LogP contribution in [0.2, 0.25) is 0 Å². The molecule has 1 rings (SSSR count). The van der Waals surface area contributed by atoms with Gasteiger partial charge in [-0.15, -0.1) is 0 Å². The van der Waals surface area contributed by atoms with E-state index in [9.17, 15) is 4.79 Å². The Bertz CT molecular complexity index is 322. The SMILES string of the molecule is CCCCCCCC1CCCCN(C(=O)OC(C)(C)C)CCC1. The van der Waals surface area contributed by atoms with Crippen molar-refractivity contribution in [2.24, 2.45) is 5.92 Å². The van der Waals surface area contributed by atoms with Crippen LogP contribution in [0.4, 0.5) is 4.79 Å². The van der Waals surface area contributed by atoms with E-state index in [0.29, 0.717) is 0 Å². The first kappa shape index (κ1) is 20.3. The van der Waals surface area contributed by atoms with Crippen molar-refractivity contribution in [3.05, 3.63) is 0 Å². The number of carbonyl (C=O) groups is 1. The highest BCUT2D eigenvalue weighted by atomic mass is 16.6. The summed E-state index contributed by atoms with van der Waals surface area (Å²) < 4.78 is 5.53. The third kappa shape index (κ3) is 9.88. The van der Waals surface area contributed by atoms with Gasteiger partial charge in [0.2, 0.25) is 0 Å². The molecule has 0 radical (unpaired) electrons. The fourth-order valence-electron chi connectivity index (χ4n) is 3.40. The standard InChI is InChI=1S/C20H39NO2/c1-5-6-7-8-9-13-18-14-10-11-16-21(17-12-15-18)19(22)23-20(2,3)4/h18H,5-17H2,1-4H3. The Morgan fingerprint density at radius 1 is 1.00 bits per heavy atom. The first-order valence-corrected chi connectivity index (χ1v) is 9.90. The highest BCUT2D eigenvalue weighted by Gasteiger charge is 2.23. The fraction of sp³-hybridized carbons (Fsp3) is 0.950. The second kappa shape index (κ2) is 10.9. The molecule has 0 bridgehead atoms. The van der Waals surface area contributed by atoms with Gasteiger partial charge in [-0.2, -0.15) is 0 Å². The lowest BCUT2D eigenvalue weighted by atomic mass is 9.91. The second-order valence-corrected chi connectivity index (χ2v) is 8.17. The largest absolute Gasteiger partial charge is 0.444 e. The molecule has 0 N–H and O–H groups in total. The lowest BCUT2D eigenvalue weighted by Crippen LogP contribution is -2.37. The highest BCUT2D eigenvalue weighted by molar-refractivity contribution is 5.68. The van der Waals surface area contributed by atoms with Crippen molar-refractivity contribution < 1.29 is 9.53 Å². The van der Waals surface area contributed by atoms with Crippen molar-refractivity contribution >= 4 is 6.09 Å². The molecule has 0 aromatic heterocycles. The quantitative estimate of drug-likeness (QED) is 0.547. The van der Waals surface area contributed by atoms with Gasteiger partial charge >= 0.3 is 6.09 Å². The highest BCUT2D eigenvalue weighted by Crippen LogP contribution is 2.24. The molecular formula is C20H39NO2. The zero-order chi connectivity index (χ0) is 17.1. The molecule has 1 aliphatic rings. The third-order valence-electron chi connectivity index (χ3n) is 4.70. The number of carbonyl (C=O) groups excluding carboxylic acids is 1. The van der Waals surface area contributed by atoms with E-state index in [-0.39, 0.29) is 6.09 Å². The van der Waals surface area contributed by atoms with E-state index >= 15 is 0 Å². The zero-order valence-corrected chi connectivity index (χ0v) is 16.0. The maximum Gasteiger partial charge on any atom is 0.410 e. The van der Waals surface area contributed by atoms with Crippen LogP contribution in [0.3, 0.4) is 0 Å². The number of ether oxygens (including phenoxy) is 1. The minimum atomic E-state index is -0.392. The van der Waals surface area contributed by atoms with E-state index in [2.05, 4.69) is 6.92 Å². The predicted molar refractivity (Wildman–Crippen MR) is 97.8 cm³/mol. The molecule has 0 aliphatic carbocycles. The Hall–Kier alpha value is -0.730. The molecule has 1 heterocycles. The van der Waals surface area contributed by atoms with Crippen molar-refractivity contribution in [1.82, 2.24) is 4.90 Å². The summed E-state index contributed by atoms with van der Waals surface area (Å²) in [5, 5.41) is 0. The molecule has 1 atom stereocenters. The van der Waals surface area contributed by atoms with Crippen molar-refractivity contribution in [2.45, 2.75) is 104 Å². The number of nitrogens with zero attached hydrogens (tertiary/aromatic N) is 1. The van der Waals surface area contributed by atoms with Crippen LogP contribution in [0, 0.1) is 5.92 Å². The summed E-state index contributed by atoms with van der Waals surface area (Å²) in [6.07, 6.45) is 14.3. The minimum absolute atomic E-state index is 0.129. The van der Waals surface area contributed by atoms with Crippen LogP contribution in [0.1, 0.15) is 98.3 Å². The molecule has 3 heteroatoms. The molecule has 1 aliphatic heterocycles. The van der Waals surface area contributed by atoms with Gasteiger partial charge in [-0.25, -0.2) is 4.79 Å². The molecule has 1 saturated heterocycles. The van der Waals surface area contributed by atoms with Crippen LogP contribution in [0.15, 0.2) is 0 Å². The summed E-state index contributed by atoms with van der Waals surface area (Å²) in [4.78, 5) is 14.2. The molecule has 1 unspecified atom stereocenters. The average molecular weight is 326 g/mol. The minimum Gasteiger partial charge on any atom is -0.444 e. The topological polar surface area (TPSA) is 29.5 Å². The van der Waals surface area contributed by atoms with E-state index in [0.717, 1.165) is 31.8 Å². The predicted octanol–water partition coefficient (Wildman–Crippen LogP) is 6.16. The Labute approximate surface area is 144 Å². The molecule has 136 valence electrons. The first-order valence-electron chi connectivity index (χ1n) is 9.90. The monoisotopic (exact) mass is 325 g/mol. The Balaban J connectivity index is 2.31. The number of hydrogen-bond donors (Lipinski definition) is 0. The van der Waals surface area contributed by atoms with Crippen LogP contribution in [-0.4, -0.2) is 29.7 Å². The van der Waals surface area contributed by atoms with Gasteiger partial charge in [-0.3, -0.25) is 0 Å². The van der Waals surface area contributed by atoms with E-state index in [1.54, 1.807) is 0 Å². The lowest BCUT2D eigenvalue weighted by molar-refractivity contribution is 0.0246.